The standard InChI is InChI=1S/C14H10ClF3O2S/c1-8(13-11(16)6-7-12(17)14(13)18)21(19,20)10-4-2-9(15)3-5-10/h2-8H,1H3. The lowest BCUT2D eigenvalue weighted by molar-refractivity contribution is 0.476. The quantitative estimate of drug-likeness (QED) is 0.785. The summed E-state index contributed by atoms with van der Waals surface area (Å²) in [5.74, 6) is -3.91. The first-order valence-corrected chi connectivity index (χ1v) is 7.80. The number of sulfone groups is 1. The van der Waals surface area contributed by atoms with Gasteiger partial charge in [-0.25, -0.2) is 21.6 Å². The third-order valence-electron chi connectivity index (χ3n) is 3.09. The van der Waals surface area contributed by atoms with E-state index < -0.39 is 38.1 Å². The number of halogens is 4. The molecule has 0 aliphatic carbocycles. The van der Waals surface area contributed by atoms with Crippen molar-refractivity contribution in [2.45, 2.75) is 17.1 Å². The second-order valence-corrected chi connectivity index (χ2v) is 7.10. The van der Waals surface area contributed by atoms with E-state index in [1.807, 2.05) is 0 Å². The van der Waals surface area contributed by atoms with E-state index in [1.54, 1.807) is 0 Å². The zero-order valence-electron chi connectivity index (χ0n) is 10.8. The predicted molar refractivity (Wildman–Crippen MR) is 73.4 cm³/mol. The fourth-order valence-corrected chi connectivity index (χ4v) is 3.47. The van der Waals surface area contributed by atoms with Gasteiger partial charge in [-0.2, -0.15) is 0 Å². The molecule has 0 amide bonds. The Hall–Kier alpha value is -1.53. The summed E-state index contributed by atoms with van der Waals surface area (Å²) in [6.07, 6.45) is 0. The summed E-state index contributed by atoms with van der Waals surface area (Å²) in [6.45, 7) is 1.10. The average Bonchev–Trinajstić information content (AvgIpc) is 2.43. The molecule has 2 rings (SSSR count). The van der Waals surface area contributed by atoms with Crippen LogP contribution < -0.4 is 0 Å². The summed E-state index contributed by atoms with van der Waals surface area (Å²) in [4.78, 5) is -0.150. The topological polar surface area (TPSA) is 34.1 Å². The lowest BCUT2D eigenvalue weighted by Gasteiger charge is -2.15. The molecule has 0 N–H and O–H groups in total. The normalized spacial score (nSPS) is 13.2. The second-order valence-electron chi connectivity index (χ2n) is 4.40. The molecule has 0 radical (unpaired) electrons. The molecule has 0 spiro atoms. The maximum Gasteiger partial charge on any atom is 0.185 e. The summed E-state index contributed by atoms with van der Waals surface area (Å²) in [5.41, 5.74) is -0.815. The van der Waals surface area contributed by atoms with E-state index in [0.717, 1.165) is 6.92 Å². The summed E-state index contributed by atoms with van der Waals surface area (Å²) >= 11 is 5.67. The summed E-state index contributed by atoms with van der Waals surface area (Å²) in [7, 11) is -4.08. The molecule has 21 heavy (non-hydrogen) atoms. The molecule has 0 aliphatic heterocycles. The molecule has 0 heterocycles. The van der Waals surface area contributed by atoms with E-state index in [2.05, 4.69) is 0 Å². The maximum atomic E-state index is 13.7. The van der Waals surface area contributed by atoms with Crippen LogP contribution in [0.1, 0.15) is 17.7 Å². The molecule has 2 aromatic carbocycles. The van der Waals surface area contributed by atoms with Crippen LogP contribution in [-0.2, 0) is 9.84 Å². The molecule has 0 saturated carbocycles. The minimum Gasteiger partial charge on any atom is -0.223 e. The molecule has 0 aliphatic rings. The van der Waals surface area contributed by atoms with Crippen LogP contribution in [0.25, 0.3) is 0 Å². The van der Waals surface area contributed by atoms with E-state index in [9.17, 15) is 21.6 Å². The summed E-state index contributed by atoms with van der Waals surface area (Å²) in [6, 6.07) is 6.45. The fourth-order valence-electron chi connectivity index (χ4n) is 1.90. The number of benzene rings is 2. The number of hydrogen-bond acceptors (Lipinski definition) is 2. The third kappa shape index (κ3) is 2.91. The van der Waals surface area contributed by atoms with Gasteiger partial charge in [-0.15, -0.1) is 0 Å². The molecule has 0 fully saturated rings. The highest BCUT2D eigenvalue weighted by molar-refractivity contribution is 7.91. The lowest BCUT2D eigenvalue weighted by Crippen LogP contribution is -2.14. The fraction of sp³-hybridized carbons (Fsp3) is 0.143. The summed E-state index contributed by atoms with van der Waals surface area (Å²) in [5, 5.41) is -1.25. The highest BCUT2D eigenvalue weighted by atomic mass is 35.5. The van der Waals surface area contributed by atoms with Gasteiger partial charge in [0.25, 0.3) is 0 Å². The van der Waals surface area contributed by atoms with Gasteiger partial charge in [0.1, 0.15) is 5.82 Å². The Balaban J connectivity index is 2.56. The van der Waals surface area contributed by atoms with Gasteiger partial charge in [0, 0.05) is 10.6 Å². The first kappa shape index (κ1) is 15.9. The van der Waals surface area contributed by atoms with Crippen LogP contribution in [0.2, 0.25) is 5.02 Å². The second kappa shape index (κ2) is 5.69. The van der Waals surface area contributed by atoms with Crippen LogP contribution in [0.3, 0.4) is 0 Å². The molecule has 1 unspecified atom stereocenters. The molecule has 1 atom stereocenters. The van der Waals surface area contributed by atoms with Gasteiger partial charge in [-0.05, 0) is 43.3 Å². The van der Waals surface area contributed by atoms with E-state index in [0.29, 0.717) is 17.2 Å². The molecule has 7 heteroatoms. The Morgan fingerprint density at radius 2 is 1.48 bits per heavy atom. The zero-order valence-corrected chi connectivity index (χ0v) is 12.4. The maximum absolute atomic E-state index is 13.7. The van der Waals surface area contributed by atoms with Crippen LogP contribution in [-0.4, -0.2) is 8.42 Å². The Morgan fingerprint density at radius 3 is 2.05 bits per heavy atom. The monoisotopic (exact) mass is 334 g/mol. The van der Waals surface area contributed by atoms with Crippen molar-refractivity contribution in [2.75, 3.05) is 0 Å². The zero-order chi connectivity index (χ0) is 15.8. The lowest BCUT2D eigenvalue weighted by atomic mass is 10.1. The van der Waals surface area contributed by atoms with Crippen LogP contribution in [0.5, 0.6) is 0 Å². The van der Waals surface area contributed by atoms with Gasteiger partial charge < -0.3 is 0 Å². The molecule has 0 saturated heterocycles. The van der Waals surface area contributed by atoms with Crippen molar-refractivity contribution in [3.8, 4) is 0 Å². The van der Waals surface area contributed by atoms with Gasteiger partial charge in [-0.3, -0.25) is 0 Å². The minimum atomic E-state index is -4.08. The molecular weight excluding hydrogens is 325 g/mol. The average molecular weight is 335 g/mol. The Labute approximate surface area is 125 Å². The molecule has 2 aromatic rings. The van der Waals surface area contributed by atoms with Gasteiger partial charge >= 0.3 is 0 Å². The van der Waals surface area contributed by atoms with Crippen molar-refractivity contribution in [3.05, 3.63) is 64.4 Å². The van der Waals surface area contributed by atoms with Crippen molar-refractivity contribution in [1.82, 2.24) is 0 Å². The highest BCUT2D eigenvalue weighted by Gasteiger charge is 2.31. The summed E-state index contributed by atoms with van der Waals surface area (Å²) < 4.78 is 65.4. The Kier molecular flexibility index (Phi) is 4.30. The van der Waals surface area contributed by atoms with Crippen LogP contribution in [0.4, 0.5) is 13.2 Å². The molecular formula is C14H10ClF3O2S. The van der Waals surface area contributed by atoms with Gasteiger partial charge in [0.15, 0.2) is 21.5 Å². The van der Waals surface area contributed by atoms with Crippen molar-refractivity contribution in [3.63, 3.8) is 0 Å². The van der Waals surface area contributed by atoms with Crippen molar-refractivity contribution in [1.29, 1.82) is 0 Å². The molecule has 0 bridgehead atoms. The minimum absolute atomic E-state index is 0.150. The first-order chi connectivity index (χ1) is 9.75. The Morgan fingerprint density at radius 1 is 0.952 bits per heavy atom. The molecule has 112 valence electrons. The first-order valence-electron chi connectivity index (χ1n) is 5.88. The van der Waals surface area contributed by atoms with Gasteiger partial charge in [0.05, 0.1) is 10.1 Å². The van der Waals surface area contributed by atoms with Gasteiger partial charge in [0.2, 0.25) is 0 Å². The molecule has 0 aromatic heterocycles. The Bertz CT molecular complexity index is 774. The van der Waals surface area contributed by atoms with Gasteiger partial charge in [-0.1, -0.05) is 11.6 Å². The largest absolute Gasteiger partial charge is 0.223 e. The van der Waals surface area contributed by atoms with Crippen LogP contribution in [0.15, 0.2) is 41.3 Å². The molecule has 2 nitrogen and oxygen atoms in total. The smallest absolute Gasteiger partial charge is 0.185 e. The number of hydrogen-bond donors (Lipinski definition) is 0. The van der Waals surface area contributed by atoms with Crippen molar-refractivity contribution in [2.24, 2.45) is 0 Å². The van der Waals surface area contributed by atoms with E-state index in [4.69, 9.17) is 11.6 Å². The van der Waals surface area contributed by atoms with Crippen LogP contribution >= 0.6 is 11.6 Å². The predicted octanol–water partition coefficient (Wildman–Crippen LogP) is 4.29. The van der Waals surface area contributed by atoms with E-state index >= 15 is 0 Å². The van der Waals surface area contributed by atoms with E-state index in [-0.39, 0.29) is 4.90 Å². The van der Waals surface area contributed by atoms with E-state index in [1.165, 1.54) is 24.3 Å². The number of rotatable bonds is 3. The third-order valence-corrected chi connectivity index (χ3v) is 5.44. The van der Waals surface area contributed by atoms with Crippen molar-refractivity contribution >= 4 is 21.4 Å². The SMILES string of the molecule is CC(c1c(F)ccc(F)c1F)S(=O)(=O)c1ccc(Cl)cc1. The van der Waals surface area contributed by atoms with Crippen molar-refractivity contribution < 1.29 is 21.6 Å². The van der Waals surface area contributed by atoms with Crippen LogP contribution in [0, 0.1) is 17.5 Å². The highest BCUT2D eigenvalue weighted by Crippen LogP contribution is 2.33.